The molecule has 12 heteroatoms. The number of imidazole rings is 1. The number of oxazole rings is 1. The first-order valence-corrected chi connectivity index (χ1v) is 12.8. The molecule has 0 spiro atoms. The van der Waals surface area contributed by atoms with E-state index in [2.05, 4.69) is 20.1 Å². The van der Waals surface area contributed by atoms with Gasteiger partial charge in [0, 0.05) is 42.7 Å². The topological polar surface area (TPSA) is 121 Å². The first kappa shape index (κ1) is 24.5. The Morgan fingerprint density at radius 1 is 1.13 bits per heavy atom. The number of methoxy groups -OCH3 is 1. The highest BCUT2D eigenvalue weighted by Gasteiger charge is 2.18. The number of hydrogen-bond acceptors (Lipinski definition) is 10. The van der Waals surface area contributed by atoms with Gasteiger partial charge in [0.2, 0.25) is 5.89 Å². The minimum atomic E-state index is -0.0417. The maximum absolute atomic E-state index is 12.2. The Morgan fingerprint density at radius 3 is 2.72 bits per heavy atom. The third kappa shape index (κ3) is 4.77. The summed E-state index contributed by atoms with van der Waals surface area (Å²) in [7, 11) is 5.04. The van der Waals surface area contributed by atoms with Gasteiger partial charge in [0.1, 0.15) is 23.1 Å². The first-order valence-electron chi connectivity index (χ1n) is 11.9. The van der Waals surface area contributed by atoms with Gasteiger partial charge in [-0.25, -0.2) is 24.5 Å². The van der Waals surface area contributed by atoms with Crippen LogP contribution in [0.3, 0.4) is 0 Å². The fraction of sp³-hybridized carbons (Fsp3) is 0.185. The molecule has 4 heterocycles. The summed E-state index contributed by atoms with van der Waals surface area (Å²) in [4.78, 5) is 31.8. The van der Waals surface area contributed by atoms with E-state index in [0.717, 1.165) is 22.0 Å². The van der Waals surface area contributed by atoms with Crippen molar-refractivity contribution in [2.75, 3.05) is 21.2 Å². The number of benzene rings is 2. The lowest BCUT2D eigenvalue weighted by atomic mass is 10.1. The number of hydrogen-bond donors (Lipinski definition) is 0. The molecule has 4 aromatic heterocycles. The van der Waals surface area contributed by atoms with E-state index in [1.807, 2.05) is 24.4 Å². The average Bonchev–Trinajstić information content (AvgIpc) is 3.69. The van der Waals surface area contributed by atoms with Crippen molar-refractivity contribution in [2.45, 2.75) is 13.5 Å². The van der Waals surface area contributed by atoms with Crippen molar-refractivity contribution in [2.24, 2.45) is 0 Å². The van der Waals surface area contributed by atoms with Gasteiger partial charge in [-0.1, -0.05) is 12.1 Å². The molecule has 0 fully saturated rings. The van der Waals surface area contributed by atoms with E-state index in [-0.39, 0.29) is 12.5 Å². The molecule has 0 saturated carbocycles. The van der Waals surface area contributed by atoms with Gasteiger partial charge in [-0.15, -0.1) is 11.3 Å². The molecule has 0 bridgehead atoms. The summed E-state index contributed by atoms with van der Waals surface area (Å²) in [5, 5.41) is 7.16. The molecule has 0 radical (unpaired) electrons. The Bertz CT molecular complexity index is 1820. The third-order valence-electron chi connectivity index (χ3n) is 5.90. The van der Waals surface area contributed by atoms with E-state index in [9.17, 15) is 4.79 Å². The van der Waals surface area contributed by atoms with Crippen molar-refractivity contribution in [1.82, 2.24) is 34.4 Å². The molecule has 0 N–H and O–H groups in total. The third-order valence-corrected chi connectivity index (χ3v) is 6.84. The zero-order chi connectivity index (χ0) is 27.1. The zero-order valence-electron chi connectivity index (χ0n) is 21.6. The number of aryl methyl sites for hydroxylation is 1. The maximum atomic E-state index is 12.2. The molecule has 196 valence electrons. The number of ether oxygens (including phenoxy) is 2. The van der Waals surface area contributed by atoms with Gasteiger partial charge >= 0.3 is 0 Å². The van der Waals surface area contributed by atoms with Crippen molar-refractivity contribution in [3.8, 4) is 33.7 Å². The number of carbonyl (C=O) groups is 1. The van der Waals surface area contributed by atoms with Crippen molar-refractivity contribution in [1.29, 1.82) is 0 Å². The molecule has 11 nitrogen and oxygen atoms in total. The summed E-state index contributed by atoms with van der Waals surface area (Å²) in [5.41, 5.74) is 4.63. The number of carbonyl (C=O) groups excluding carboxylic acids is 1. The van der Waals surface area contributed by atoms with Crippen LogP contribution in [0.4, 0.5) is 0 Å². The van der Waals surface area contributed by atoms with Gasteiger partial charge in [0.05, 0.1) is 30.9 Å². The molecule has 0 aliphatic carbocycles. The predicted molar refractivity (Wildman–Crippen MR) is 145 cm³/mol. The number of thiazole rings is 1. The van der Waals surface area contributed by atoms with Gasteiger partial charge in [-0.2, -0.15) is 5.10 Å². The molecule has 2 aromatic carbocycles. The highest BCUT2D eigenvalue weighted by molar-refractivity contribution is 7.13. The lowest BCUT2D eigenvalue weighted by Gasteiger charge is -2.10. The molecular formula is C27H23N7O4S. The molecular weight excluding hydrogens is 518 g/mol. The van der Waals surface area contributed by atoms with Crippen molar-refractivity contribution >= 4 is 34.1 Å². The largest absolute Gasteiger partial charge is 0.496 e. The predicted octanol–water partition coefficient (Wildman–Crippen LogP) is 4.65. The van der Waals surface area contributed by atoms with Crippen LogP contribution in [0, 0.1) is 6.92 Å². The second-order valence-electron chi connectivity index (χ2n) is 8.97. The van der Waals surface area contributed by atoms with Crippen LogP contribution < -0.4 is 9.47 Å². The Kier molecular flexibility index (Phi) is 6.15. The highest BCUT2D eigenvalue weighted by Crippen LogP contribution is 2.35. The number of amides is 1. The Hall–Kier alpha value is -4.84. The number of fused-ring (bicyclic) bond motifs is 2. The van der Waals surface area contributed by atoms with Gasteiger partial charge in [-0.05, 0) is 19.1 Å². The second-order valence-corrected chi connectivity index (χ2v) is 9.83. The summed E-state index contributed by atoms with van der Waals surface area (Å²) in [6, 6.07) is 10.9. The minimum absolute atomic E-state index is 0.0417. The number of nitrogens with zero attached hydrogens (tertiary/aromatic N) is 7. The Balaban J connectivity index is 1.24. The lowest BCUT2D eigenvalue weighted by Crippen LogP contribution is -2.21. The van der Waals surface area contributed by atoms with Crippen molar-refractivity contribution < 1.29 is 18.7 Å². The normalized spacial score (nSPS) is 11.3. The molecule has 0 aliphatic heterocycles. The van der Waals surface area contributed by atoms with Crippen LogP contribution in [-0.4, -0.2) is 61.6 Å². The van der Waals surface area contributed by atoms with Crippen LogP contribution in [0.2, 0.25) is 0 Å². The maximum Gasteiger partial charge on any atom is 0.253 e. The van der Waals surface area contributed by atoms with Crippen molar-refractivity contribution in [3.05, 3.63) is 71.1 Å². The fourth-order valence-corrected chi connectivity index (χ4v) is 4.77. The standard InChI is InChI=1S/C27H23N7O4S/c1-15-11-28-27-30-20(12-34(27)32-15)24-31-23-21(9-19(36-4)10-22(23)38-24)37-13-18-14-39-25(29-18)16-5-7-17(8-6-16)26(35)33(2)3/h5-12,14H,13H2,1-4H3. The summed E-state index contributed by atoms with van der Waals surface area (Å²) in [6.07, 6.45) is 3.37. The fourth-order valence-electron chi connectivity index (χ4n) is 3.96. The van der Waals surface area contributed by atoms with Crippen LogP contribution >= 0.6 is 11.3 Å². The van der Waals surface area contributed by atoms with Gasteiger partial charge < -0.3 is 18.8 Å². The molecule has 6 rings (SSSR count). The second kappa shape index (κ2) is 9.80. The van der Waals surface area contributed by atoms with Crippen LogP contribution in [0.1, 0.15) is 21.7 Å². The van der Waals surface area contributed by atoms with Crippen LogP contribution in [0.15, 0.2) is 58.6 Å². The number of aromatic nitrogens is 6. The van der Waals surface area contributed by atoms with Gasteiger partial charge in [0.25, 0.3) is 11.7 Å². The van der Waals surface area contributed by atoms with E-state index in [0.29, 0.717) is 45.5 Å². The Labute approximate surface area is 226 Å². The molecule has 6 aromatic rings. The summed E-state index contributed by atoms with van der Waals surface area (Å²) >= 11 is 1.51. The molecule has 39 heavy (non-hydrogen) atoms. The molecule has 0 unspecified atom stereocenters. The lowest BCUT2D eigenvalue weighted by molar-refractivity contribution is 0.0827. The average molecular weight is 542 g/mol. The molecule has 0 saturated heterocycles. The summed E-state index contributed by atoms with van der Waals surface area (Å²) in [6.45, 7) is 2.08. The molecule has 1 amide bonds. The van der Waals surface area contributed by atoms with E-state index < -0.39 is 0 Å². The SMILES string of the molecule is COc1cc(OCc2csc(-c3ccc(C(=O)N(C)C)cc3)n2)c2nc(-c3cn4nc(C)cnc4n3)oc2c1. The Morgan fingerprint density at radius 2 is 1.95 bits per heavy atom. The van der Waals surface area contributed by atoms with E-state index in [1.165, 1.54) is 11.3 Å². The van der Waals surface area contributed by atoms with E-state index >= 15 is 0 Å². The van der Waals surface area contributed by atoms with E-state index in [4.69, 9.17) is 18.9 Å². The quantitative estimate of drug-likeness (QED) is 0.284. The van der Waals surface area contributed by atoms with Gasteiger partial charge in [0.15, 0.2) is 16.8 Å². The monoisotopic (exact) mass is 541 g/mol. The smallest absolute Gasteiger partial charge is 0.253 e. The van der Waals surface area contributed by atoms with Crippen LogP contribution in [-0.2, 0) is 6.61 Å². The summed E-state index contributed by atoms with van der Waals surface area (Å²) < 4.78 is 19.2. The van der Waals surface area contributed by atoms with Crippen LogP contribution in [0.25, 0.3) is 39.0 Å². The summed E-state index contributed by atoms with van der Waals surface area (Å²) in [5.74, 6) is 1.79. The first-order chi connectivity index (χ1) is 18.9. The molecule has 0 aliphatic rings. The number of rotatable bonds is 7. The van der Waals surface area contributed by atoms with Crippen LogP contribution in [0.5, 0.6) is 11.5 Å². The highest BCUT2D eigenvalue weighted by atomic mass is 32.1. The van der Waals surface area contributed by atoms with Gasteiger partial charge in [-0.3, -0.25) is 4.79 Å². The van der Waals surface area contributed by atoms with E-state index in [1.54, 1.807) is 67.3 Å². The zero-order valence-corrected chi connectivity index (χ0v) is 22.4. The minimum Gasteiger partial charge on any atom is -0.496 e. The van der Waals surface area contributed by atoms with Crippen molar-refractivity contribution in [3.63, 3.8) is 0 Å². The molecule has 0 atom stereocenters.